The lowest BCUT2D eigenvalue weighted by molar-refractivity contribution is -0.118. The standard InChI is InChI=1S/C13H16N4OS/c1-3-19-13-16-15-12(17(13)8-11(14)18)10-6-4-5-9(2)7-10/h4-7H,3,8H2,1-2H3,(H2,14,18). The summed E-state index contributed by atoms with van der Waals surface area (Å²) >= 11 is 1.55. The molecule has 0 saturated carbocycles. The van der Waals surface area contributed by atoms with Gasteiger partial charge in [0.05, 0.1) is 0 Å². The van der Waals surface area contributed by atoms with Crippen molar-refractivity contribution in [3.05, 3.63) is 29.8 Å². The number of aromatic nitrogens is 3. The Hall–Kier alpha value is -1.82. The van der Waals surface area contributed by atoms with Gasteiger partial charge in [0.1, 0.15) is 6.54 Å². The molecule has 100 valence electrons. The Morgan fingerprint density at radius 2 is 2.21 bits per heavy atom. The fourth-order valence-electron chi connectivity index (χ4n) is 1.82. The predicted octanol–water partition coefficient (Wildman–Crippen LogP) is 1.85. The van der Waals surface area contributed by atoms with Crippen molar-refractivity contribution in [1.82, 2.24) is 14.8 Å². The molecule has 1 aromatic heterocycles. The van der Waals surface area contributed by atoms with Gasteiger partial charge < -0.3 is 5.73 Å². The molecule has 0 bridgehead atoms. The first-order valence-electron chi connectivity index (χ1n) is 6.03. The molecule has 0 unspecified atom stereocenters. The van der Waals surface area contributed by atoms with Gasteiger partial charge in [-0.1, -0.05) is 42.4 Å². The molecule has 1 amide bonds. The largest absolute Gasteiger partial charge is 0.368 e. The van der Waals surface area contributed by atoms with E-state index in [9.17, 15) is 4.79 Å². The van der Waals surface area contributed by atoms with E-state index in [1.54, 1.807) is 16.3 Å². The summed E-state index contributed by atoms with van der Waals surface area (Å²) in [5.41, 5.74) is 7.38. The molecule has 0 aliphatic carbocycles. The highest BCUT2D eigenvalue weighted by molar-refractivity contribution is 7.99. The van der Waals surface area contributed by atoms with E-state index in [1.807, 2.05) is 38.1 Å². The van der Waals surface area contributed by atoms with Crippen molar-refractivity contribution >= 4 is 17.7 Å². The molecule has 0 saturated heterocycles. The van der Waals surface area contributed by atoms with Crippen LogP contribution in [0.25, 0.3) is 11.4 Å². The first-order chi connectivity index (χ1) is 9.11. The first-order valence-corrected chi connectivity index (χ1v) is 7.01. The van der Waals surface area contributed by atoms with Crippen molar-refractivity contribution in [3.63, 3.8) is 0 Å². The van der Waals surface area contributed by atoms with Gasteiger partial charge in [-0.3, -0.25) is 9.36 Å². The molecule has 5 nitrogen and oxygen atoms in total. The van der Waals surface area contributed by atoms with Crippen molar-refractivity contribution in [1.29, 1.82) is 0 Å². The molecule has 0 spiro atoms. The van der Waals surface area contributed by atoms with E-state index in [0.29, 0.717) is 5.82 Å². The fraction of sp³-hybridized carbons (Fsp3) is 0.308. The SMILES string of the molecule is CCSc1nnc(-c2cccc(C)c2)n1CC(N)=O. The Morgan fingerprint density at radius 1 is 1.42 bits per heavy atom. The second kappa shape index (κ2) is 5.88. The highest BCUT2D eigenvalue weighted by Crippen LogP contribution is 2.24. The first kappa shape index (κ1) is 13.6. The lowest BCUT2D eigenvalue weighted by Gasteiger charge is -2.07. The molecule has 2 rings (SSSR count). The quantitative estimate of drug-likeness (QED) is 0.846. The number of nitrogens with two attached hydrogens (primary N) is 1. The van der Waals surface area contributed by atoms with Crippen molar-refractivity contribution in [2.45, 2.75) is 25.5 Å². The molecule has 0 atom stereocenters. The minimum Gasteiger partial charge on any atom is -0.368 e. The number of benzene rings is 1. The second-order valence-corrected chi connectivity index (χ2v) is 5.39. The van der Waals surface area contributed by atoms with E-state index >= 15 is 0 Å². The Bertz CT molecular complexity index is 594. The van der Waals surface area contributed by atoms with Gasteiger partial charge in [-0.05, 0) is 18.7 Å². The Balaban J connectivity index is 2.47. The van der Waals surface area contributed by atoms with E-state index in [2.05, 4.69) is 10.2 Å². The monoisotopic (exact) mass is 276 g/mol. The van der Waals surface area contributed by atoms with Crippen LogP contribution >= 0.6 is 11.8 Å². The number of aryl methyl sites for hydroxylation is 1. The van der Waals surface area contributed by atoms with Crippen molar-refractivity contribution in [2.75, 3.05) is 5.75 Å². The minimum absolute atomic E-state index is 0.0958. The van der Waals surface area contributed by atoms with E-state index in [1.165, 1.54) is 0 Å². The van der Waals surface area contributed by atoms with Crippen LogP contribution < -0.4 is 5.73 Å². The number of hydrogen-bond acceptors (Lipinski definition) is 4. The Kier molecular flexibility index (Phi) is 4.21. The van der Waals surface area contributed by atoms with Crippen LogP contribution in [0.15, 0.2) is 29.4 Å². The lowest BCUT2D eigenvalue weighted by Crippen LogP contribution is -2.20. The molecule has 2 N–H and O–H groups in total. The third-order valence-corrected chi connectivity index (χ3v) is 3.43. The molecule has 1 aromatic carbocycles. The van der Waals surface area contributed by atoms with Gasteiger partial charge in [0.15, 0.2) is 11.0 Å². The van der Waals surface area contributed by atoms with Crippen molar-refractivity contribution in [3.8, 4) is 11.4 Å². The molecule has 19 heavy (non-hydrogen) atoms. The average Bonchev–Trinajstić information content (AvgIpc) is 2.72. The molecule has 0 fully saturated rings. The molecular weight excluding hydrogens is 260 g/mol. The summed E-state index contributed by atoms with van der Waals surface area (Å²) in [4.78, 5) is 11.2. The molecule has 0 radical (unpaired) electrons. The second-order valence-electron chi connectivity index (χ2n) is 4.16. The molecular formula is C13H16N4OS. The number of amides is 1. The third-order valence-electron chi connectivity index (χ3n) is 2.58. The van der Waals surface area contributed by atoms with Crippen LogP contribution in [-0.4, -0.2) is 26.4 Å². The normalized spacial score (nSPS) is 10.6. The summed E-state index contributed by atoms with van der Waals surface area (Å²) in [5, 5.41) is 9.04. The van der Waals surface area contributed by atoms with Gasteiger partial charge in [-0.2, -0.15) is 0 Å². The topological polar surface area (TPSA) is 73.8 Å². The summed E-state index contributed by atoms with van der Waals surface area (Å²) in [6.45, 7) is 4.14. The number of thioether (sulfide) groups is 1. The van der Waals surface area contributed by atoms with E-state index in [-0.39, 0.29) is 6.54 Å². The zero-order valence-electron chi connectivity index (χ0n) is 11.0. The summed E-state index contributed by atoms with van der Waals surface area (Å²) < 4.78 is 1.77. The van der Waals surface area contributed by atoms with E-state index in [4.69, 9.17) is 5.73 Å². The summed E-state index contributed by atoms with van der Waals surface area (Å²) in [5.74, 6) is 1.15. The van der Waals surface area contributed by atoms with Crippen LogP contribution in [0.3, 0.4) is 0 Å². The number of rotatable bonds is 5. The zero-order chi connectivity index (χ0) is 13.8. The number of carbonyl (C=O) groups excluding carboxylic acids is 1. The van der Waals surface area contributed by atoms with Crippen LogP contribution in [-0.2, 0) is 11.3 Å². The zero-order valence-corrected chi connectivity index (χ0v) is 11.8. The van der Waals surface area contributed by atoms with Gasteiger partial charge in [0, 0.05) is 5.56 Å². The Labute approximate surface area is 116 Å². The predicted molar refractivity (Wildman–Crippen MR) is 75.8 cm³/mol. The average molecular weight is 276 g/mol. The van der Waals surface area contributed by atoms with Crippen LogP contribution in [0.4, 0.5) is 0 Å². The lowest BCUT2D eigenvalue weighted by atomic mass is 10.1. The summed E-state index contributed by atoms with van der Waals surface area (Å²) in [6.07, 6.45) is 0. The van der Waals surface area contributed by atoms with Gasteiger partial charge >= 0.3 is 0 Å². The molecule has 6 heteroatoms. The molecule has 0 aliphatic rings. The molecule has 0 aliphatic heterocycles. The summed E-state index contributed by atoms with van der Waals surface area (Å²) in [6, 6.07) is 7.94. The van der Waals surface area contributed by atoms with Gasteiger partial charge in [0.2, 0.25) is 5.91 Å². The van der Waals surface area contributed by atoms with Gasteiger partial charge in [-0.15, -0.1) is 10.2 Å². The maximum atomic E-state index is 11.2. The Morgan fingerprint density at radius 3 is 2.84 bits per heavy atom. The maximum Gasteiger partial charge on any atom is 0.237 e. The van der Waals surface area contributed by atoms with Gasteiger partial charge in [-0.25, -0.2) is 0 Å². The number of nitrogens with zero attached hydrogens (tertiary/aromatic N) is 3. The summed E-state index contributed by atoms with van der Waals surface area (Å²) in [7, 11) is 0. The highest BCUT2D eigenvalue weighted by Gasteiger charge is 2.15. The van der Waals surface area contributed by atoms with Crippen LogP contribution in [0, 0.1) is 6.92 Å². The number of carbonyl (C=O) groups is 1. The fourth-order valence-corrected chi connectivity index (χ4v) is 2.48. The number of primary amides is 1. The van der Waals surface area contributed by atoms with Crippen molar-refractivity contribution in [2.24, 2.45) is 5.73 Å². The van der Waals surface area contributed by atoms with E-state index < -0.39 is 5.91 Å². The van der Waals surface area contributed by atoms with E-state index in [0.717, 1.165) is 22.0 Å². The smallest absolute Gasteiger partial charge is 0.237 e. The number of hydrogen-bond donors (Lipinski definition) is 1. The van der Waals surface area contributed by atoms with Crippen molar-refractivity contribution < 1.29 is 4.79 Å². The van der Waals surface area contributed by atoms with Crippen LogP contribution in [0.5, 0.6) is 0 Å². The maximum absolute atomic E-state index is 11.2. The molecule has 2 aromatic rings. The van der Waals surface area contributed by atoms with Crippen LogP contribution in [0.2, 0.25) is 0 Å². The van der Waals surface area contributed by atoms with Gasteiger partial charge in [0.25, 0.3) is 0 Å². The highest BCUT2D eigenvalue weighted by atomic mass is 32.2. The third kappa shape index (κ3) is 3.14. The van der Waals surface area contributed by atoms with Crippen LogP contribution in [0.1, 0.15) is 12.5 Å². The molecule has 1 heterocycles. The minimum atomic E-state index is -0.397.